The number of carbonyl (C=O) groups excluding carboxylic acids is 1. The molecule has 5 nitrogen and oxygen atoms in total. The van der Waals surface area contributed by atoms with Crippen LogP contribution in [0.2, 0.25) is 0 Å². The topological polar surface area (TPSA) is 68.5 Å². The molecule has 0 aliphatic heterocycles. The van der Waals surface area contributed by atoms with Crippen molar-refractivity contribution in [1.29, 1.82) is 0 Å². The number of carboxylic acid groups (broad SMARTS) is 1. The Kier molecular flexibility index (Phi) is 7.04. The van der Waals surface area contributed by atoms with E-state index in [1.165, 1.54) is 6.92 Å². The quantitative estimate of drug-likeness (QED) is 0.319. The van der Waals surface area contributed by atoms with E-state index in [4.69, 9.17) is 9.84 Å². The van der Waals surface area contributed by atoms with E-state index < -0.39 is 12.1 Å². The van der Waals surface area contributed by atoms with Gasteiger partial charge in [0.2, 0.25) is 5.78 Å². The smallest absolute Gasteiger partial charge is 0.344 e. The molecule has 0 aliphatic carbocycles. The third-order valence-electron chi connectivity index (χ3n) is 5.43. The first-order valence-electron chi connectivity index (χ1n) is 11.0. The first-order chi connectivity index (χ1) is 16.5. The molecule has 0 saturated carbocycles. The summed E-state index contributed by atoms with van der Waals surface area (Å²) >= 11 is 0. The van der Waals surface area contributed by atoms with Crippen LogP contribution in [-0.2, 0) is 11.3 Å². The van der Waals surface area contributed by atoms with Gasteiger partial charge in [-0.05, 0) is 53.9 Å². The summed E-state index contributed by atoms with van der Waals surface area (Å²) in [5.41, 5.74) is 4.21. The number of aromatic nitrogens is 1. The molecule has 4 rings (SSSR count). The molecule has 170 valence electrons. The summed E-state index contributed by atoms with van der Waals surface area (Å²) in [6, 6.07) is 28.6. The van der Waals surface area contributed by atoms with Gasteiger partial charge >= 0.3 is 5.97 Å². The molecule has 0 amide bonds. The molecule has 34 heavy (non-hydrogen) atoms. The van der Waals surface area contributed by atoms with Crippen LogP contribution in [0, 0.1) is 0 Å². The van der Waals surface area contributed by atoms with Gasteiger partial charge < -0.3 is 14.4 Å². The number of benzene rings is 3. The Hall–Kier alpha value is -4.38. The van der Waals surface area contributed by atoms with Crippen molar-refractivity contribution < 1.29 is 19.4 Å². The van der Waals surface area contributed by atoms with Crippen LogP contribution >= 0.6 is 0 Å². The number of rotatable bonds is 9. The van der Waals surface area contributed by atoms with E-state index in [1.54, 1.807) is 12.1 Å². The van der Waals surface area contributed by atoms with Crippen molar-refractivity contribution in [1.82, 2.24) is 4.57 Å². The normalized spacial score (nSPS) is 11.9. The average molecular weight is 452 g/mol. The van der Waals surface area contributed by atoms with E-state index in [1.807, 2.05) is 102 Å². The van der Waals surface area contributed by atoms with Crippen molar-refractivity contribution in [3.8, 4) is 16.9 Å². The maximum Gasteiger partial charge on any atom is 0.344 e. The lowest BCUT2D eigenvalue weighted by Crippen LogP contribution is -2.22. The van der Waals surface area contributed by atoms with Crippen LogP contribution in [0.1, 0.15) is 28.5 Å². The van der Waals surface area contributed by atoms with E-state index in [9.17, 15) is 9.59 Å². The third kappa shape index (κ3) is 5.51. The second-order valence-corrected chi connectivity index (χ2v) is 7.89. The number of nitrogens with zero attached hydrogens (tertiary/aromatic N) is 1. The molecule has 1 heterocycles. The summed E-state index contributed by atoms with van der Waals surface area (Å²) in [6.07, 6.45) is 4.83. The predicted octanol–water partition coefficient (Wildman–Crippen LogP) is 5.95. The summed E-state index contributed by atoms with van der Waals surface area (Å²) in [5, 5.41) is 9.02. The van der Waals surface area contributed by atoms with E-state index in [0.29, 0.717) is 23.6 Å². The molecule has 0 aliphatic rings. The fourth-order valence-electron chi connectivity index (χ4n) is 3.65. The zero-order valence-corrected chi connectivity index (χ0v) is 18.8. The van der Waals surface area contributed by atoms with E-state index in [-0.39, 0.29) is 5.78 Å². The van der Waals surface area contributed by atoms with E-state index in [2.05, 4.69) is 0 Å². The molecule has 1 N–H and O–H groups in total. The van der Waals surface area contributed by atoms with Crippen LogP contribution in [0.5, 0.6) is 5.75 Å². The van der Waals surface area contributed by atoms with E-state index in [0.717, 1.165) is 16.7 Å². The Morgan fingerprint density at radius 1 is 0.912 bits per heavy atom. The van der Waals surface area contributed by atoms with Crippen LogP contribution in [0.25, 0.3) is 17.2 Å². The molecule has 0 fully saturated rings. The summed E-state index contributed by atoms with van der Waals surface area (Å²) in [7, 11) is 0. The number of ketones is 1. The molecule has 1 atom stereocenters. The van der Waals surface area contributed by atoms with Crippen LogP contribution in [-0.4, -0.2) is 27.5 Å². The Bertz CT molecular complexity index is 1320. The zero-order chi connectivity index (χ0) is 23.9. The molecule has 1 unspecified atom stereocenters. The number of allylic oxidation sites excluding steroid dienone is 1. The van der Waals surface area contributed by atoms with Crippen molar-refractivity contribution in [2.75, 3.05) is 0 Å². The van der Waals surface area contributed by atoms with Crippen LogP contribution in [0.3, 0.4) is 0 Å². The highest BCUT2D eigenvalue weighted by atomic mass is 16.5. The van der Waals surface area contributed by atoms with Crippen LogP contribution in [0.4, 0.5) is 0 Å². The molecule has 5 heteroatoms. The van der Waals surface area contributed by atoms with Gasteiger partial charge in [0.05, 0.1) is 5.69 Å². The lowest BCUT2D eigenvalue weighted by Gasteiger charge is -2.10. The van der Waals surface area contributed by atoms with Gasteiger partial charge in [-0.3, -0.25) is 4.79 Å². The maximum absolute atomic E-state index is 13.2. The lowest BCUT2D eigenvalue weighted by atomic mass is 10.0. The summed E-state index contributed by atoms with van der Waals surface area (Å²) in [4.78, 5) is 24.2. The molecule has 4 aromatic rings. The van der Waals surface area contributed by atoms with Crippen LogP contribution in [0.15, 0.2) is 103 Å². The molecular weight excluding hydrogens is 426 g/mol. The Balaban J connectivity index is 1.47. The maximum atomic E-state index is 13.2. The van der Waals surface area contributed by atoms with Crippen molar-refractivity contribution in [2.24, 2.45) is 0 Å². The Morgan fingerprint density at radius 3 is 2.47 bits per heavy atom. The lowest BCUT2D eigenvalue weighted by molar-refractivity contribution is -0.144. The SMILES string of the molecule is CC(Oc1cccc(/C=C/Cn2cccc2C(=O)c2cccc(-c3ccccc3)c2)c1)C(=O)O. The van der Waals surface area contributed by atoms with Gasteiger partial charge in [0.15, 0.2) is 6.10 Å². The number of carbonyl (C=O) groups is 2. The Labute approximate surface area is 198 Å². The summed E-state index contributed by atoms with van der Waals surface area (Å²) in [6.45, 7) is 2.01. The molecule has 3 aromatic carbocycles. The molecule has 0 radical (unpaired) electrons. The van der Waals surface area contributed by atoms with Gasteiger partial charge in [-0.25, -0.2) is 4.79 Å². The standard InChI is InChI=1S/C29H25NO4/c1-21(29(32)33)34-26-15-5-9-22(19-26)10-7-17-30-18-8-16-27(30)28(31)25-14-6-13-24(20-25)23-11-3-2-4-12-23/h2-16,18-21H,17H2,1H3,(H,32,33)/b10-7+. The second kappa shape index (κ2) is 10.5. The number of hydrogen-bond acceptors (Lipinski definition) is 3. The highest BCUT2D eigenvalue weighted by Crippen LogP contribution is 2.22. The van der Waals surface area contributed by atoms with Gasteiger partial charge in [-0.1, -0.05) is 72.8 Å². The molecule has 0 bridgehead atoms. The zero-order valence-electron chi connectivity index (χ0n) is 18.8. The second-order valence-electron chi connectivity index (χ2n) is 7.89. The Morgan fingerprint density at radius 2 is 1.68 bits per heavy atom. The van der Waals surface area contributed by atoms with Gasteiger partial charge in [-0.2, -0.15) is 0 Å². The van der Waals surface area contributed by atoms with Crippen molar-refractivity contribution in [3.05, 3.63) is 120 Å². The van der Waals surface area contributed by atoms with Crippen molar-refractivity contribution in [3.63, 3.8) is 0 Å². The summed E-state index contributed by atoms with van der Waals surface area (Å²) < 4.78 is 7.33. The monoisotopic (exact) mass is 451 g/mol. The fourth-order valence-corrected chi connectivity index (χ4v) is 3.65. The first kappa shape index (κ1) is 22.8. The van der Waals surface area contributed by atoms with Gasteiger partial charge in [0.25, 0.3) is 0 Å². The van der Waals surface area contributed by atoms with E-state index >= 15 is 0 Å². The predicted molar refractivity (Wildman–Crippen MR) is 133 cm³/mol. The van der Waals surface area contributed by atoms with Gasteiger partial charge in [0.1, 0.15) is 5.75 Å². The summed E-state index contributed by atoms with van der Waals surface area (Å²) in [5.74, 6) is -0.554. The highest BCUT2D eigenvalue weighted by Gasteiger charge is 2.14. The van der Waals surface area contributed by atoms with Crippen molar-refractivity contribution >= 4 is 17.8 Å². The highest BCUT2D eigenvalue weighted by molar-refractivity contribution is 6.08. The number of carboxylic acids is 1. The van der Waals surface area contributed by atoms with Crippen LogP contribution < -0.4 is 4.74 Å². The molecule has 0 saturated heterocycles. The number of hydrogen-bond donors (Lipinski definition) is 1. The number of aliphatic carboxylic acids is 1. The van der Waals surface area contributed by atoms with Gasteiger partial charge in [-0.15, -0.1) is 0 Å². The molecule has 0 spiro atoms. The number of ether oxygens (including phenoxy) is 1. The van der Waals surface area contributed by atoms with Gasteiger partial charge in [0, 0.05) is 18.3 Å². The third-order valence-corrected chi connectivity index (χ3v) is 5.43. The fraction of sp³-hybridized carbons (Fsp3) is 0.103. The van der Waals surface area contributed by atoms with Crippen molar-refractivity contribution in [2.45, 2.75) is 19.6 Å². The largest absolute Gasteiger partial charge is 0.479 e. The molecule has 1 aromatic heterocycles. The molecular formula is C29H25NO4. The average Bonchev–Trinajstić information content (AvgIpc) is 3.33. The minimum Gasteiger partial charge on any atom is -0.479 e. The first-order valence-corrected chi connectivity index (χ1v) is 11.0. The minimum absolute atomic E-state index is 0.0331. The minimum atomic E-state index is -1.01.